The van der Waals surface area contributed by atoms with Crippen molar-refractivity contribution in [3.63, 3.8) is 0 Å². The van der Waals surface area contributed by atoms with Gasteiger partial charge in [0.15, 0.2) is 0 Å². The Morgan fingerprint density at radius 3 is 2.21 bits per heavy atom. The Morgan fingerprint density at radius 2 is 1.74 bits per heavy atom. The van der Waals surface area contributed by atoms with Gasteiger partial charge in [-0.3, -0.25) is 0 Å². The maximum absolute atomic E-state index is 12.7. The van der Waals surface area contributed by atoms with Crippen LogP contribution in [0.1, 0.15) is 40.5 Å². The van der Waals surface area contributed by atoms with E-state index in [9.17, 15) is 8.42 Å². The second-order valence-corrected chi connectivity index (χ2v) is 9.12. The quantitative estimate of drug-likeness (QED) is 0.823. The first-order valence-corrected chi connectivity index (χ1v) is 8.53. The highest BCUT2D eigenvalue weighted by Gasteiger charge is 2.44. The van der Waals surface area contributed by atoms with E-state index in [4.69, 9.17) is 4.74 Å². The van der Waals surface area contributed by atoms with Crippen molar-refractivity contribution in [2.45, 2.75) is 57.0 Å². The van der Waals surface area contributed by atoms with Gasteiger partial charge in [-0.05, 0) is 47.1 Å². The third kappa shape index (κ3) is 3.48. The van der Waals surface area contributed by atoms with Gasteiger partial charge in [-0.1, -0.05) is 0 Å². The highest BCUT2D eigenvalue weighted by molar-refractivity contribution is 7.89. The van der Waals surface area contributed by atoms with Crippen molar-refractivity contribution in [1.82, 2.24) is 9.62 Å². The minimum Gasteiger partial charge on any atom is -0.367 e. The van der Waals surface area contributed by atoms with Gasteiger partial charge in [0, 0.05) is 19.6 Å². The molecule has 2 aliphatic heterocycles. The first kappa shape index (κ1) is 15.2. The lowest BCUT2D eigenvalue weighted by Crippen LogP contribution is -2.60. The Kier molecular flexibility index (Phi) is 3.99. The number of sulfonamides is 1. The summed E-state index contributed by atoms with van der Waals surface area (Å²) >= 11 is 0. The van der Waals surface area contributed by atoms with Gasteiger partial charge in [0.2, 0.25) is 10.0 Å². The molecule has 112 valence electrons. The fourth-order valence-corrected chi connectivity index (χ4v) is 5.38. The number of piperidine rings is 1. The van der Waals surface area contributed by atoms with Gasteiger partial charge < -0.3 is 10.1 Å². The highest BCUT2D eigenvalue weighted by atomic mass is 32.2. The molecule has 2 saturated heterocycles. The first-order valence-electron chi connectivity index (χ1n) is 7.02. The van der Waals surface area contributed by atoms with Crippen LogP contribution in [0.5, 0.6) is 0 Å². The Morgan fingerprint density at radius 1 is 1.16 bits per heavy atom. The van der Waals surface area contributed by atoms with Crippen LogP contribution in [0.4, 0.5) is 0 Å². The molecule has 2 aliphatic rings. The van der Waals surface area contributed by atoms with E-state index < -0.39 is 21.2 Å². The summed E-state index contributed by atoms with van der Waals surface area (Å²) in [6, 6.07) is 0. The van der Waals surface area contributed by atoms with Crippen molar-refractivity contribution in [2.75, 3.05) is 26.2 Å². The van der Waals surface area contributed by atoms with Crippen LogP contribution in [0, 0.1) is 0 Å². The predicted molar refractivity (Wildman–Crippen MR) is 75.6 cm³/mol. The van der Waals surface area contributed by atoms with E-state index >= 15 is 0 Å². The SMILES string of the molecule is CC1(C)CN(S(=O)(=O)C2CCCNC2)CC(C)(C)O1. The largest absolute Gasteiger partial charge is 0.367 e. The average Bonchev–Trinajstić information content (AvgIpc) is 2.26. The van der Waals surface area contributed by atoms with Crippen LogP contribution in [0.3, 0.4) is 0 Å². The molecule has 0 aromatic heterocycles. The second kappa shape index (κ2) is 4.98. The van der Waals surface area contributed by atoms with Gasteiger partial charge in [0.05, 0.1) is 16.5 Å². The molecule has 6 heteroatoms. The second-order valence-electron chi connectivity index (χ2n) is 6.90. The van der Waals surface area contributed by atoms with Crippen LogP contribution < -0.4 is 5.32 Å². The number of rotatable bonds is 2. The molecule has 5 nitrogen and oxygen atoms in total. The zero-order chi connectivity index (χ0) is 14.3. The molecule has 0 bridgehead atoms. The molecule has 0 radical (unpaired) electrons. The molecule has 2 rings (SSSR count). The molecule has 0 aromatic carbocycles. The molecular formula is C13H26N2O3S. The van der Waals surface area contributed by atoms with Crippen molar-refractivity contribution >= 4 is 10.0 Å². The van der Waals surface area contributed by atoms with Crippen LogP contribution >= 0.6 is 0 Å². The van der Waals surface area contributed by atoms with Crippen LogP contribution in [0.15, 0.2) is 0 Å². The molecule has 0 saturated carbocycles. The Bertz CT molecular complexity index is 409. The van der Waals surface area contributed by atoms with Gasteiger partial charge in [-0.2, -0.15) is 4.31 Å². The molecule has 1 unspecified atom stereocenters. The minimum absolute atomic E-state index is 0.286. The molecule has 0 aliphatic carbocycles. The summed E-state index contributed by atoms with van der Waals surface area (Å²) in [5.74, 6) is 0. The van der Waals surface area contributed by atoms with E-state index in [0.717, 1.165) is 19.4 Å². The first-order chi connectivity index (χ1) is 8.62. The minimum atomic E-state index is -3.24. The van der Waals surface area contributed by atoms with Crippen molar-refractivity contribution in [3.05, 3.63) is 0 Å². The molecule has 19 heavy (non-hydrogen) atoms. The zero-order valence-corrected chi connectivity index (χ0v) is 13.2. The Balaban J connectivity index is 2.19. The summed E-state index contributed by atoms with van der Waals surface area (Å²) in [6.45, 7) is 10.2. The molecule has 1 N–H and O–H groups in total. The third-order valence-corrected chi connectivity index (χ3v) is 5.92. The van der Waals surface area contributed by atoms with Crippen molar-refractivity contribution in [2.24, 2.45) is 0 Å². The van der Waals surface area contributed by atoms with E-state index in [0.29, 0.717) is 19.6 Å². The van der Waals surface area contributed by atoms with Crippen molar-refractivity contribution < 1.29 is 13.2 Å². The molecular weight excluding hydrogens is 264 g/mol. The molecule has 2 fully saturated rings. The van der Waals surface area contributed by atoms with Gasteiger partial charge in [0.25, 0.3) is 0 Å². The summed E-state index contributed by atoms with van der Waals surface area (Å²) in [5.41, 5.74) is -0.867. The third-order valence-electron chi connectivity index (χ3n) is 3.70. The number of hydrogen-bond donors (Lipinski definition) is 1. The fourth-order valence-electron chi connectivity index (χ4n) is 3.18. The van der Waals surface area contributed by atoms with E-state index in [1.54, 1.807) is 4.31 Å². The van der Waals surface area contributed by atoms with Gasteiger partial charge in [-0.25, -0.2) is 8.42 Å². The highest BCUT2D eigenvalue weighted by Crippen LogP contribution is 2.31. The molecule has 0 amide bonds. The molecule has 0 aromatic rings. The number of nitrogens with zero attached hydrogens (tertiary/aromatic N) is 1. The summed E-state index contributed by atoms with van der Waals surface area (Å²) in [6.07, 6.45) is 1.69. The lowest BCUT2D eigenvalue weighted by atomic mass is 10.0. The van der Waals surface area contributed by atoms with Crippen LogP contribution in [0.25, 0.3) is 0 Å². The maximum Gasteiger partial charge on any atom is 0.218 e. The van der Waals surface area contributed by atoms with Gasteiger partial charge in [-0.15, -0.1) is 0 Å². The molecule has 0 spiro atoms. The number of morpholine rings is 1. The van der Waals surface area contributed by atoms with Gasteiger partial charge >= 0.3 is 0 Å². The van der Waals surface area contributed by atoms with E-state index in [-0.39, 0.29) is 5.25 Å². The predicted octanol–water partition coefficient (Wildman–Crippen LogP) is 0.958. The van der Waals surface area contributed by atoms with Crippen LogP contribution in [-0.2, 0) is 14.8 Å². The van der Waals surface area contributed by atoms with E-state index in [2.05, 4.69) is 5.32 Å². The van der Waals surface area contributed by atoms with E-state index in [1.165, 1.54) is 0 Å². The van der Waals surface area contributed by atoms with Crippen molar-refractivity contribution in [3.8, 4) is 0 Å². The Labute approximate surface area is 116 Å². The van der Waals surface area contributed by atoms with Crippen LogP contribution in [0.2, 0.25) is 0 Å². The summed E-state index contributed by atoms with van der Waals surface area (Å²) < 4.78 is 33.1. The summed E-state index contributed by atoms with van der Waals surface area (Å²) in [7, 11) is -3.24. The lowest BCUT2D eigenvalue weighted by molar-refractivity contribution is -0.164. The molecule has 2 heterocycles. The van der Waals surface area contributed by atoms with Gasteiger partial charge in [0.1, 0.15) is 0 Å². The fraction of sp³-hybridized carbons (Fsp3) is 1.00. The summed E-state index contributed by atoms with van der Waals surface area (Å²) in [5, 5.41) is 2.90. The lowest BCUT2D eigenvalue weighted by Gasteiger charge is -2.47. The number of nitrogens with one attached hydrogen (secondary N) is 1. The van der Waals surface area contributed by atoms with Crippen LogP contribution in [-0.4, -0.2) is 55.4 Å². The number of ether oxygens (including phenoxy) is 1. The normalized spacial score (nSPS) is 32.1. The smallest absolute Gasteiger partial charge is 0.218 e. The zero-order valence-electron chi connectivity index (χ0n) is 12.4. The monoisotopic (exact) mass is 290 g/mol. The maximum atomic E-state index is 12.7. The summed E-state index contributed by atoms with van der Waals surface area (Å²) in [4.78, 5) is 0. The van der Waals surface area contributed by atoms with E-state index in [1.807, 2.05) is 27.7 Å². The molecule has 1 atom stereocenters. The Hall–Kier alpha value is -0.170. The standard InChI is InChI=1S/C13H26N2O3S/c1-12(2)9-15(10-13(3,4)18-12)19(16,17)11-6-5-7-14-8-11/h11,14H,5-10H2,1-4H3. The topological polar surface area (TPSA) is 58.6 Å². The number of hydrogen-bond acceptors (Lipinski definition) is 4. The average molecular weight is 290 g/mol. The van der Waals surface area contributed by atoms with Crippen molar-refractivity contribution in [1.29, 1.82) is 0 Å².